The first-order chi connectivity index (χ1) is 11.1. The van der Waals surface area contributed by atoms with Crippen molar-refractivity contribution in [1.29, 1.82) is 0 Å². The fraction of sp³-hybridized carbons (Fsp3) is 0.588. The lowest BCUT2D eigenvalue weighted by molar-refractivity contribution is -0.124. The van der Waals surface area contributed by atoms with Crippen LogP contribution in [-0.4, -0.2) is 38.9 Å². The number of carbonyl (C=O) groups is 1. The van der Waals surface area contributed by atoms with Crippen LogP contribution < -0.4 is 5.32 Å². The summed E-state index contributed by atoms with van der Waals surface area (Å²) in [7, 11) is 1.51. The Hall–Kier alpha value is -0.810. The number of ether oxygens (including phenoxy) is 2. The fourth-order valence-corrected chi connectivity index (χ4v) is 3.25. The van der Waals surface area contributed by atoms with Crippen LogP contribution in [-0.2, 0) is 14.3 Å². The maximum atomic E-state index is 11.5. The molecule has 1 fully saturated rings. The number of halogens is 2. The van der Waals surface area contributed by atoms with Gasteiger partial charge in [-0.15, -0.1) is 0 Å². The highest BCUT2D eigenvalue weighted by Gasteiger charge is 2.26. The van der Waals surface area contributed by atoms with Gasteiger partial charge in [0.15, 0.2) is 0 Å². The number of hydrogen-bond acceptors (Lipinski definition) is 3. The van der Waals surface area contributed by atoms with Crippen LogP contribution in [0.15, 0.2) is 18.2 Å². The highest BCUT2D eigenvalue weighted by Crippen LogP contribution is 2.35. The number of amides is 1. The molecule has 0 aliphatic carbocycles. The van der Waals surface area contributed by atoms with E-state index in [0.29, 0.717) is 16.6 Å². The molecule has 2 rings (SSSR count). The molecular formula is C17H23Cl2NO3. The molecule has 1 saturated heterocycles. The summed E-state index contributed by atoms with van der Waals surface area (Å²) >= 11 is 12.2. The molecular weight excluding hydrogens is 337 g/mol. The zero-order valence-electron chi connectivity index (χ0n) is 13.3. The van der Waals surface area contributed by atoms with E-state index in [9.17, 15) is 4.79 Å². The molecule has 1 aromatic carbocycles. The minimum Gasteiger partial charge on any atom is -0.378 e. The molecule has 0 radical (unpaired) electrons. The van der Waals surface area contributed by atoms with Crippen molar-refractivity contribution in [2.24, 2.45) is 0 Å². The van der Waals surface area contributed by atoms with Crippen LogP contribution in [0.2, 0.25) is 10.0 Å². The lowest BCUT2D eigenvalue weighted by Gasteiger charge is -2.26. The van der Waals surface area contributed by atoms with E-state index in [4.69, 9.17) is 32.7 Å². The van der Waals surface area contributed by atoms with Crippen LogP contribution in [0.3, 0.4) is 0 Å². The van der Waals surface area contributed by atoms with Crippen molar-refractivity contribution >= 4 is 29.1 Å². The second-order valence-electron chi connectivity index (χ2n) is 5.76. The van der Waals surface area contributed by atoms with Crippen molar-refractivity contribution in [3.63, 3.8) is 0 Å². The molecule has 1 heterocycles. The standard InChI is InChI=1S/C17H23Cl2NO3/c1-22-11-17(21)20-8-7-16-13(4-2-3-9-23-16)12-5-6-14(18)15(19)10-12/h5-6,10,13,16H,2-4,7-9,11H2,1H3,(H,20,21)/t13?,16-/m0/s1. The van der Waals surface area contributed by atoms with Gasteiger partial charge in [-0.3, -0.25) is 4.79 Å². The Balaban J connectivity index is 2.01. The van der Waals surface area contributed by atoms with Gasteiger partial charge in [0.25, 0.3) is 0 Å². The molecule has 2 atom stereocenters. The molecule has 6 heteroatoms. The molecule has 1 amide bonds. The van der Waals surface area contributed by atoms with Gasteiger partial charge in [0, 0.05) is 26.2 Å². The SMILES string of the molecule is COCC(=O)NCC[C@@H]1OCCCCC1c1ccc(Cl)c(Cl)c1. The summed E-state index contributed by atoms with van der Waals surface area (Å²) < 4.78 is 10.8. The first-order valence-corrected chi connectivity index (χ1v) is 8.69. The van der Waals surface area contributed by atoms with E-state index in [1.165, 1.54) is 7.11 Å². The van der Waals surface area contributed by atoms with Crippen LogP contribution in [0, 0.1) is 0 Å². The van der Waals surface area contributed by atoms with Crippen molar-refractivity contribution in [2.75, 3.05) is 26.9 Å². The largest absolute Gasteiger partial charge is 0.378 e. The number of hydrogen-bond donors (Lipinski definition) is 1. The molecule has 1 unspecified atom stereocenters. The molecule has 1 aliphatic rings. The minimum atomic E-state index is -0.104. The maximum Gasteiger partial charge on any atom is 0.245 e. The number of nitrogens with one attached hydrogen (secondary N) is 1. The smallest absolute Gasteiger partial charge is 0.245 e. The van der Waals surface area contributed by atoms with Gasteiger partial charge >= 0.3 is 0 Å². The maximum absolute atomic E-state index is 11.5. The van der Waals surface area contributed by atoms with E-state index in [-0.39, 0.29) is 24.5 Å². The van der Waals surface area contributed by atoms with E-state index in [0.717, 1.165) is 37.9 Å². The van der Waals surface area contributed by atoms with Gasteiger partial charge in [0.05, 0.1) is 16.1 Å². The Kier molecular flexibility index (Phi) is 7.63. The molecule has 0 aromatic heterocycles. The van der Waals surface area contributed by atoms with Gasteiger partial charge in [0.2, 0.25) is 5.91 Å². The summed E-state index contributed by atoms with van der Waals surface area (Å²) in [6.07, 6.45) is 4.06. The van der Waals surface area contributed by atoms with E-state index >= 15 is 0 Å². The third-order valence-corrected chi connectivity index (χ3v) is 4.83. The van der Waals surface area contributed by atoms with Crippen LogP contribution in [0.5, 0.6) is 0 Å². The summed E-state index contributed by atoms with van der Waals surface area (Å²) in [5, 5.41) is 3.99. The summed E-state index contributed by atoms with van der Waals surface area (Å²) in [4.78, 5) is 11.5. The highest BCUT2D eigenvalue weighted by atomic mass is 35.5. The lowest BCUT2D eigenvalue weighted by Crippen LogP contribution is -2.32. The van der Waals surface area contributed by atoms with Gasteiger partial charge in [-0.2, -0.15) is 0 Å². The monoisotopic (exact) mass is 359 g/mol. The lowest BCUT2D eigenvalue weighted by atomic mass is 9.87. The second kappa shape index (κ2) is 9.48. The minimum absolute atomic E-state index is 0.0672. The molecule has 4 nitrogen and oxygen atoms in total. The molecule has 128 valence electrons. The first kappa shape index (κ1) is 18.5. The predicted octanol–water partition coefficient (Wildman–Crippen LogP) is 3.80. The van der Waals surface area contributed by atoms with Gasteiger partial charge in [-0.25, -0.2) is 0 Å². The normalized spacial score (nSPS) is 21.7. The zero-order valence-corrected chi connectivity index (χ0v) is 14.8. The molecule has 0 spiro atoms. The fourth-order valence-electron chi connectivity index (χ4n) is 2.95. The van der Waals surface area contributed by atoms with Crippen molar-refractivity contribution in [1.82, 2.24) is 5.32 Å². The number of carbonyl (C=O) groups excluding carboxylic acids is 1. The van der Waals surface area contributed by atoms with Crippen LogP contribution in [0.4, 0.5) is 0 Å². The van der Waals surface area contributed by atoms with Crippen molar-refractivity contribution < 1.29 is 14.3 Å². The molecule has 23 heavy (non-hydrogen) atoms. The molecule has 1 aromatic rings. The van der Waals surface area contributed by atoms with Gasteiger partial charge in [-0.05, 0) is 37.0 Å². The topological polar surface area (TPSA) is 47.6 Å². The van der Waals surface area contributed by atoms with E-state index in [1.807, 2.05) is 18.2 Å². The summed E-state index contributed by atoms with van der Waals surface area (Å²) in [6.45, 7) is 1.42. The van der Waals surface area contributed by atoms with Crippen molar-refractivity contribution in [3.8, 4) is 0 Å². The Bertz CT molecular complexity index is 525. The van der Waals surface area contributed by atoms with Crippen LogP contribution in [0.1, 0.15) is 37.2 Å². The van der Waals surface area contributed by atoms with Crippen LogP contribution >= 0.6 is 23.2 Å². The quantitative estimate of drug-likeness (QED) is 0.840. The zero-order chi connectivity index (χ0) is 16.7. The Morgan fingerprint density at radius 2 is 2.17 bits per heavy atom. The first-order valence-electron chi connectivity index (χ1n) is 7.94. The Morgan fingerprint density at radius 1 is 1.35 bits per heavy atom. The number of benzene rings is 1. The summed E-state index contributed by atoms with van der Waals surface area (Å²) in [5.74, 6) is 0.166. The van der Waals surface area contributed by atoms with Crippen molar-refractivity contribution in [3.05, 3.63) is 33.8 Å². The molecule has 0 bridgehead atoms. The highest BCUT2D eigenvalue weighted by molar-refractivity contribution is 6.42. The summed E-state index contributed by atoms with van der Waals surface area (Å²) in [6, 6.07) is 5.78. The molecule has 1 aliphatic heterocycles. The third kappa shape index (κ3) is 5.64. The van der Waals surface area contributed by atoms with Gasteiger partial charge < -0.3 is 14.8 Å². The van der Waals surface area contributed by atoms with Gasteiger partial charge in [0.1, 0.15) is 6.61 Å². The average Bonchev–Trinajstić information content (AvgIpc) is 2.76. The Labute approximate surface area is 147 Å². The molecule has 0 saturated carbocycles. The van der Waals surface area contributed by atoms with E-state index in [2.05, 4.69) is 5.32 Å². The predicted molar refractivity (Wildman–Crippen MR) is 92.3 cm³/mol. The summed E-state index contributed by atoms with van der Waals surface area (Å²) in [5.41, 5.74) is 1.15. The van der Waals surface area contributed by atoms with E-state index < -0.39 is 0 Å². The average molecular weight is 360 g/mol. The Morgan fingerprint density at radius 3 is 2.91 bits per heavy atom. The number of rotatable bonds is 6. The van der Waals surface area contributed by atoms with Crippen LogP contribution in [0.25, 0.3) is 0 Å². The van der Waals surface area contributed by atoms with Gasteiger partial charge in [-0.1, -0.05) is 35.7 Å². The third-order valence-electron chi connectivity index (χ3n) is 4.09. The van der Waals surface area contributed by atoms with E-state index in [1.54, 1.807) is 0 Å². The second-order valence-corrected chi connectivity index (χ2v) is 6.57. The number of methoxy groups -OCH3 is 1. The molecule has 1 N–H and O–H groups in total. The van der Waals surface area contributed by atoms with Crippen molar-refractivity contribution in [2.45, 2.75) is 37.7 Å².